The fraction of sp³-hybridized carbons (Fsp3) is 0.250. The van der Waals surface area contributed by atoms with Crippen molar-refractivity contribution in [2.24, 2.45) is 0 Å². The van der Waals surface area contributed by atoms with Gasteiger partial charge in [0.1, 0.15) is 0 Å². The average molecular weight is 311 g/mol. The Balaban J connectivity index is 1.98. The van der Waals surface area contributed by atoms with E-state index in [1.165, 1.54) is 0 Å². The van der Waals surface area contributed by atoms with Crippen LogP contribution in [0, 0.1) is 6.92 Å². The maximum absolute atomic E-state index is 11.3. The molecule has 118 valence electrons. The van der Waals surface area contributed by atoms with Crippen LogP contribution in [-0.2, 0) is 13.1 Å². The molecule has 7 heteroatoms. The highest BCUT2D eigenvalue weighted by molar-refractivity contribution is 5.99. The van der Waals surface area contributed by atoms with E-state index in [1.54, 1.807) is 24.4 Å². The highest BCUT2D eigenvalue weighted by atomic mass is 16.4. The van der Waals surface area contributed by atoms with Gasteiger partial charge in [0.25, 0.3) is 0 Å². The normalized spacial score (nSPS) is 10.9. The maximum atomic E-state index is 11.3. The fourth-order valence-electron chi connectivity index (χ4n) is 2.52. The largest absolute Gasteiger partial charge is 0.478 e. The van der Waals surface area contributed by atoms with Crippen LogP contribution in [0.25, 0.3) is 10.9 Å². The van der Waals surface area contributed by atoms with Gasteiger partial charge in [-0.25, -0.2) is 9.48 Å². The number of aromatic nitrogens is 4. The third-order valence-corrected chi connectivity index (χ3v) is 3.73. The Morgan fingerprint density at radius 3 is 2.96 bits per heavy atom. The Morgan fingerprint density at radius 1 is 1.39 bits per heavy atom. The van der Waals surface area contributed by atoms with Gasteiger partial charge in [0, 0.05) is 18.1 Å². The highest BCUT2D eigenvalue weighted by Gasteiger charge is 2.12. The number of nitrogens with zero attached hydrogens (tertiary/aromatic N) is 4. The molecule has 1 aromatic carbocycles. The molecule has 0 aliphatic rings. The molecule has 0 aliphatic carbocycles. The number of carbonyl (C=O) groups is 1. The molecule has 0 spiro atoms. The van der Waals surface area contributed by atoms with E-state index in [2.05, 4.69) is 20.6 Å². The molecule has 0 fully saturated rings. The topological polar surface area (TPSA) is 92.9 Å². The molecule has 2 N–H and O–H groups in total. The summed E-state index contributed by atoms with van der Waals surface area (Å²) in [4.78, 5) is 15.7. The second-order valence-corrected chi connectivity index (χ2v) is 5.19. The van der Waals surface area contributed by atoms with Crippen molar-refractivity contribution in [2.75, 3.05) is 5.32 Å². The Labute approximate surface area is 133 Å². The summed E-state index contributed by atoms with van der Waals surface area (Å²) in [6.45, 7) is 5.13. The number of carboxylic acids is 1. The van der Waals surface area contributed by atoms with E-state index in [1.807, 2.05) is 24.6 Å². The van der Waals surface area contributed by atoms with Gasteiger partial charge >= 0.3 is 5.97 Å². The maximum Gasteiger partial charge on any atom is 0.335 e. The zero-order valence-electron chi connectivity index (χ0n) is 12.9. The minimum atomic E-state index is -0.963. The Morgan fingerprint density at radius 2 is 2.22 bits per heavy atom. The van der Waals surface area contributed by atoms with Crippen LogP contribution >= 0.6 is 0 Å². The lowest BCUT2D eigenvalue weighted by atomic mass is 10.1. The lowest BCUT2D eigenvalue weighted by molar-refractivity contribution is 0.0697. The summed E-state index contributed by atoms with van der Waals surface area (Å²) < 4.78 is 1.82. The van der Waals surface area contributed by atoms with E-state index >= 15 is 0 Å². The third kappa shape index (κ3) is 2.85. The molecule has 7 nitrogen and oxygen atoms in total. The lowest BCUT2D eigenvalue weighted by Crippen LogP contribution is -2.10. The van der Waals surface area contributed by atoms with Crippen molar-refractivity contribution in [1.82, 2.24) is 20.0 Å². The Kier molecular flexibility index (Phi) is 3.92. The lowest BCUT2D eigenvalue weighted by Gasteiger charge is -2.11. The SMILES string of the molecule is CCn1nnc(C)c1CNc1cc(C(=O)O)cc2cccnc12. The summed E-state index contributed by atoms with van der Waals surface area (Å²) in [6.07, 6.45) is 1.69. The number of fused-ring (bicyclic) bond motifs is 1. The molecule has 23 heavy (non-hydrogen) atoms. The van der Waals surface area contributed by atoms with E-state index in [0.717, 1.165) is 28.8 Å². The second kappa shape index (κ2) is 6.04. The predicted molar refractivity (Wildman–Crippen MR) is 86.5 cm³/mol. The van der Waals surface area contributed by atoms with Gasteiger partial charge < -0.3 is 10.4 Å². The van der Waals surface area contributed by atoms with Crippen LogP contribution in [-0.4, -0.2) is 31.1 Å². The Hall–Kier alpha value is -2.96. The summed E-state index contributed by atoms with van der Waals surface area (Å²) in [5.41, 5.74) is 3.48. The first-order valence-electron chi connectivity index (χ1n) is 7.35. The molecule has 3 aromatic rings. The van der Waals surface area contributed by atoms with Gasteiger partial charge in [-0.05, 0) is 32.0 Å². The van der Waals surface area contributed by atoms with Gasteiger partial charge in [-0.3, -0.25) is 4.98 Å². The fourth-order valence-corrected chi connectivity index (χ4v) is 2.52. The number of anilines is 1. The van der Waals surface area contributed by atoms with Gasteiger partial charge in [-0.1, -0.05) is 11.3 Å². The second-order valence-electron chi connectivity index (χ2n) is 5.19. The summed E-state index contributed by atoms with van der Waals surface area (Å²) in [5.74, 6) is -0.963. The third-order valence-electron chi connectivity index (χ3n) is 3.73. The summed E-state index contributed by atoms with van der Waals surface area (Å²) in [5, 5.41) is 21.5. The molecule has 0 radical (unpaired) electrons. The average Bonchev–Trinajstić information content (AvgIpc) is 2.92. The van der Waals surface area contributed by atoms with Crippen molar-refractivity contribution < 1.29 is 9.90 Å². The Bertz CT molecular complexity index is 872. The number of pyridine rings is 1. The zero-order valence-corrected chi connectivity index (χ0v) is 12.9. The molecule has 0 aliphatic heterocycles. The van der Waals surface area contributed by atoms with E-state index in [-0.39, 0.29) is 5.56 Å². The number of hydrogen-bond donors (Lipinski definition) is 2. The van der Waals surface area contributed by atoms with Crippen molar-refractivity contribution in [3.05, 3.63) is 47.4 Å². The monoisotopic (exact) mass is 311 g/mol. The van der Waals surface area contributed by atoms with E-state index in [0.29, 0.717) is 12.2 Å². The van der Waals surface area contributed by atoms with Crippen LogP contribution < -0.4 is 5.32 Å². The number of benzene rings is 1. The number of carboxylic acid groups (broad SMARTS) is 1. The van der Waals surface area contributed by atoms with Crippen LogP contribution in [0.5, 0.6) is 0 Å². The summed E-state index contributed by atoms with van der Waals surface area (Å²) in [6, 6.07) is 6.87. The smallest absolute Gasteiger partial charge is 0.335 e. The van der Waals surface area contributed by atoms with E-state index in [9.17, 15) is 9.90 Å². The van der Waals surface area contributed by atoms with Crippen molar-refractivity contribution in [3.63, 3.8) is 0 Å². The standard InChI is InChI=1S/C16H17N5O2/c1-3-21-14(10(2)19-20-21)9-18-13-8-12(16(22)23)7-11-5-4-6-17-15(11)13/h4-8,18H,3,9H2,1-2H3,(H,22,23). The predicted octanol–water partition coefficient (Wildman–Crippen LogP) is 2.46. The van der Waals surface area contributed by atoms with Gasteiger partial charge in [0.2, 0.25) is 0 Å². The van der Waals surface area contributed by atoms with Crippen molar-refractivity contribution >= 4 is 22.6 Å². The van der Waals surface area contributed by atoms with Crippen molar-refractivity contribution in [1.29, 1.82) is 0 Å². The number of rotatable bonds is 5. The van der Waals surface area contributed by atoms with Gasteiger partial charge in [0.15, 0.2) is 0 Å². The van der Waals surface area contributed by atoms with Crippen LogP contribution in [0.2, 0.25) is 0 Å². The quantitative estimate of drug-likeness (QED) is 0.752. The summed E-state index contributed by atoms with van der Waals surface area (Å²) >= 11 is 0. The van der Waals surface area contributed by atoms with Gasteiger partial charge in [-0.2, -0.15) is 0 Å². The van der Waals surface area contributed by atoms with Crippen LogP contribution in [0.1, 0.15) is 28.7 Å². The molecule has 0 saturated carbocycles. The van der Waals surface area contributed by atoms with Gasteiger partial charge in [0.05, 0.1) is 34.7 Å². The molecular weight excluding hydrogens is 294 g/mol. The minimum absolute atomic E-state index is 0.229. The van der Waals surface area contributed by atoms with Crippen molar-refractivity contribution in [3.8, 4) is 0 Å². The first kappa shape index (κ1) is 15.0. The number of aromatic carboxylic acids is 1. The molecule has 0 atom stereocenters. The van der Waals surface area contributed by atoms with E-state index < -0.39 is 5.97 Å². The molecule has 3 rings (SSSR count). The molecular formula is C16H17N5O2. The number of nitrogens with one attached hydrogen (secondary N) is 1. The van der Waals surface area contributed by atoms with Crippen LogP contribution in [0.3, 0.4) is 0 Å². The molecule has 0 unspecified atom stereocenters. The minimum Gasteiger partial charge on any atom is -0.478 e. The van der Waals surface area contributed by atoms with E-state index in [4.69, 9.17) is 0 Å². The first-order chi connectivity index (χ1) is 11.1. The first-order valence-corrected chi connectivity index (χ1v) is 7.35. The van der Waals surface area contributed by atoms with Gasteiger partial charge in [-0.15, -0.1) is 5.10 Å². The molecule has 0 saturated heterocycles. The highest BCUT2D eigenvalue weighted by Crippen LogP contribution is 2.24. The molecule has 2 heterocycles. The van der Waals surface area contributed by atoms with Crippen molar-refractivity contribution in [2.45, 2.75) is 26.9 Å². The van der Waals surface area contributed by atoms with Crippen LogP contribution in [0.4, 0.5) is 5.69 Å². The molecule has 0 bridgehead atoms. The number of aryl methyl sites for hydroxylation is 2. The summed E-state index contributed by atoms with van der Waals surface area (Å²) in [7, 11) is 0. The zero-order chi connectivity index (χ0) is 16.4. The van der Waals surface area contributed by atoms with Crippen LogP contribution in [0.15, 0.2) is 30.5 Å². The molecule has 2 aromatic heterocycles. The molecule has 0 amide bonds. The number of hydrogen-bond acceptors (Lipinski definition) is 5.